The van der Waals surface area contributed by atoms with Crippen LogP contribution in [0.3, 0.4) is 0 Å². The molecule has 0 aliphatic rings. The van der Waals surface area contributed by atoms with Crippen LogP contribution in [0.1, 0.15) is 197 Å². The Morgan fingerprint density at radius 3 is 0.555 bits per heavy atom. The van der Waals surface area contributed by atoms with E-state index in [0.717, 1.165) is 0 Å². The topological polar surface area (TPSA) is 756 Å². The number of primary amides is 1. The third kappa shape index (κ3) is 47.5. The molecule has 0 aliphatic carbocycles. The van der Waals surface area contributed by atoms with Gasteiger partial charge in [-0.1, -0.05) is 179 Å². The predicted octanol–water partition coefficient (Wildman–Crippen LogP) is -1.59. The number of hydrogen-bond acceptors (Lipinski definition) is 24. The lowest BCUT2D eigenvalue weighted by Crippen LogP contribution is -2.61. The third-order valence-electron chi connectivity index (χ3n) is 24.6. The van der Waals surface area contributed by atoms with Crippen molar-refractivity contribution < 1.29 is 71.9 Å². The van der Waals surface area contributed by atoms with Crippen molar-refractivity contribution in [1.82, 2.24) is 85.1 Å². The van der Waals surface area contributed by atoms with Gasteiger partial charge in [0.05, 0.1) is 6.04 Å². The van der Waals surface area contributed by atoms with E-state index < -0.39 is 191 Å². The van der Waals surface area contributed by atoms with Crippen LogP contribution in [0.25, 0.3) is 0 Å². The lowest BCUT2D eigenvalue weighted by molar-refractivity contribution is -0.136. The molecule has 0 aliphatic heterocycles. The molecule has 146 heavy (non-hydrogen) atoms. The molecule has 0 spiro atoms. The molecule has 5 aromatic carbocycles. The maximum absolute atomic E-state index is 15.6. The molecule has 43 heteroatoms. The Morgan fingerprint density at radius 2 is 0.390 bits per heavy atom. The molecule has 804 valence electrons. The van der Waals surface area contributed by atoms with Crippen molar-refractivity contribution in [2.24, 2.45) is 69.2 Å². The zero-order chi connectivity index (χ0) is 107. The van der Waals surface area contributed by atoms with Crippen LogP contribution < -0.4 is 142 Å². The Kier molecular flexibility index (Phi) is 58.4. The Bertz CT molecular complexity index is 4850. The van der Waals surface area contributed by atoms with Crippen molar-refractivity contribution >= 4 is 101 Å². The van der Waals surface area contributed by atoms with Gasteiger partial charge in [0.25, 0.3) is 0 Å². The summed E-state index contributed by atoms with van der Waals surface area (Å²) in [7, 11) is 0. The Morgan fingerprint density at radius 1 is 0.226 bits per heavy atom. The van der Waals surface area contributed by atoms with E-state index in [4.69, 9.17) is 68.2 Å². The molecule has 0 radical (unpaired) electrons. The van der Waals surface area contributed by atoms with Crippen LogP contribution in [0.2, 0.25) is 0 Å². The summed E-state index contributed by atoms with van der Waals surface area (Å²) in [6.45, 7) is 8.28. The number of benzene rings is 5. The van der Waals surface area contributed by atoms with E-state index in [9.17, 15) is 33.6 Å². The van der Waals surface area contributed by atoms with Crippen LogP contribution in [-0.2, 0) is 104 Å². The molecule has 38 N–H and O–H groups in total. The number of nitrogens with one attached hydrogen (secondary N) is 18. The molecule has 0 saturated carbocycles. The van der Waals surface area contributed by atoms with E-state index in [1.54, 1.807) is 179 Å². The molecule has 5 rings (SSSR count). The minimum absolute atomic E-state index is 0.00949. The molecule has 0 unspecified atom stereocenters. The van der Waals surface area contributed by atoms with Crippen molar-refractivity contribution in [3.8, 4) is 0 Å². The molecular formula is C103H162N28O15. The van der Waals surface area contributed by atoms with E-state index in [2.05, 4.69) is 85.1 Å². The summed E-state index contributed by atoms with van der Waals surface area (Å²) in [6, 6.07) is 22.8. The number of carbonyl (C=O) groups is 15. The summed E-state index contributed by atoms with van der Waals surface area (Å²) >= 11 is 0. The van der Waals surface area contributed by atoms with Gasteiger partial charge in [-0.2, -0.15) is 0 Å². The highest BCUT2D eigenvalue weighted by Gasteiger charge is 2.40. The van der Waals surface area contributed by atoms with Crippen LogP contribution in [0, 0.1) is 22.7 Å². The van der Waals surface area contributed by atoms with Gasteiger partial charge in [0.1, 0.15) is 84.6 Å². The monoisotopic (exact) mass is 2030 g/mol. The molecule has 0 heterocycles. The van der Waals surface area contributed by atoms with E-state index in [1.807, 2.05) is 0 Å². The fraction of sp³-hybridized carbons (Fsp3) is 0.544. The normalized spacial score (nSPS) is 14.3. The molecule has 0 fully saturated rings. The first-order chi connectivity index (χ1) is 70.0. The Hall–Kier alpha value is -13.6. The van der Waals surface area contributed by atoms with Crippen molar-refractivity contribution in [2.45, 2.75) is 292 Å². The lowest BCUT2D eigenvalue weighted by atomic mass is 10.00. The first-order valence-corrected chi connectivity index (χ1v) is 50.9. The second kappa shape index (κ2) is 69.4. The standard InChI is InChI=1S/C103H162N28O15/c1-65(2)85(110)101(146)125-77(49-25-31-57-109)90(135)121-79(51-33-59-117-103(114)115)95(140)127-81(61-68-36-12-6-13-37-68)97(142)123-72(44-20-26-52-104)88(133)118-74(46-22-28-54-106)93(138)128-83(63-70-40-16-8-17-41-70)99(144)130-82(62-69-38-14-7-15-39-69)98(143)124-78(50-32-58-116-102(112)113)91(136)120-75(47-23-29-55-107)92(137)126-80(60-67-34-10-5-11-35-67)96(141)122-73(45-21-27-53-105)89(134)119-76(48-24-30-56-108)94(139)129-84(64-71-42-18-9-19-43-71)100(145)131-86(66(3)4)87(111)132/h5-19,34-43,65-66,72-86H,20-33,44-64,104-110H2,1-4H3,(H2,111,132)(H,118,133)(H,119,134)(H,120,136)(H,121,135)(H,122,141)(H,123,142)(H,124,143)(H,125,146)(H,126,137)(H,127,140)(H,128,138)(H,129,139)(H,130,144)(H,131,145)(H4,112,113,116)(H4,114,115,117)/t72-,73-,74-,75-,76-,77-,78-,79-,80-,81-,82-,83-,84-,85-,86-/m0/s1. The SMILES string of the molecule is CC(C)[C@H](N)C(=O)N[C@@H](CCCCN)C(=O)N[C@@H](CCCNC(=N)N)C(=O)N[C@@H](Cc1ccccc1)C(=O)N[C@@H](CCCCN)C(=O)N[C@@H](CCCCN)C(=O)N[C@@H](Cc1ccccc1)C(=O)N[C@@H](Cc1ccccc1)C(=O)N[C@@H](CCCNC(=N)N)C(=O)N[C@@H](CCCCN)C(=O)N[C@@H](Cc1ccccc1)C(=O)N[C@@H](CCCCN)C(=O)N[C@@H](CCCCN)C(=O)N[C@@H](Cc1ccccc1)C(=O)N[C@H](C(N)=O)C(C)C. The highest BCUT2D eigenvalue weighted by molar-refractivity contribution is 6.01. The molecule has 5 aromatic rings. The maximum atomic E-state index is 15.6. The maximum Gasteiger partial charge on any atom is 0.243 e. The third-order valence-corrected chi connectivity index (χ3v) is 24.6. The van der Waals surface area contributed by atoms with Gasteiger partial charge in [-0.15, -0.1) is 0 Å². The van der Waals surface area contributed by atoms with Gasteiger partial charge in [0.15, 0.2) is 11.9 Å². The first kappa shape index (κ1) is 123. The smallest absolute Gasteiger partial charge is 0.243 e. The largest absolute Gasteiger partial charge is 0.370 e. The van der Waals surface area contributed by atoms with Crippen LogP contribution in [0.15, 0.2) is 152 Å². The molecule has 0 bridgehead atoms. The van der Waals surface area contributed by atoms with Crippen molar-refractivity contribution in [1.29, 1.82) is 10.8 Å². The highest BCUT2D eigenvalue weighted by atomic mass is 16.2. The minimum Gasteiger partial charge on any atom is -0.370 e. The number of rotatable bonds is 73. The summed E-state index contributed by atoms with van der Waals surface area (Å²) in [5, 5.41) is 60.3. The number of nitrogens with two attached hydrogens (primary N) is 10. The van der Waals surface area contributed by atoms with Crippen LogP contribution in [-0.4, -0.2) is 244 Å². The molecule has 0 saturated heterocycles. The van der Waals surface area contributed by atoms with Crippen molar-refractivity contribution in [2.75, 3.05) is 52.4 Å². The predicted molar refractivity (Wildman–Crippen MR) is 560 cm³/mol. The lowest BCUT2D eigenvalue weighted by Gasteiger charge is -2.29. The molecule has 43 nitrogen and oxygen atoms in total. The molecular weight excluding hydrogens is 1870 g/mol. The number of hydrogen-bond donors (Lipinski definition) is 28. The molecule has 15 atom stereocenters. The van der Waals surface area contributed by atoms with Gasteiger partial charge in [-0.3, -0.25) is 82.7 Å². The van der Waals surface area contributed by atoms with E-state index in [-0.39, 0.29) is 173 Å². The fourth-order valence-corrected chi connectivity index (χ4v) is 16.1. The average molecular weight is 2030 g/mol. The van der Waals surface area contributed by atoms with Crippen molar-refractivity contribution in [3.05, 3.63) is 179 Å². The second-order valence-electron chi connectivity index (χ2n) is 37.3. The van der Waals surface area contributed by atoms with Crippen LogP contribution in [0.4, 0.5) is 0 Å². The molecule has 15 amide bonds. The van der Waals surface area contributed by atoms with E-state index >= 15 is 38.4 Å². The first-order valence-electron chi connectivity index (χ1n) is 50.9. The number of carbonyl (C=O) groups excluding carboxylic acids is 15. The van der Waals surface area contributed by atoms with Gasteiger partial charge in [-0.25, -0.2) is 0 Å². The zero-order valence-corrected chi connectivity index (χ0v) is 84.9. The second-order valence-corrected chi connectivity index (χ2v) is 37.3. The van der Waals surface area contributed by atoms with Crippen molar-refractivity contribution in [3.63, 3.8) is 0 Å². The zero-order valence-electron chi connectivity index (χ0n) is 84.9. The summed E-state index contributed by atoms with van der Waals surface area (Å²) < 4.78 is 0. The van der Waals surface area contributed by atoms with Gasteiger partial charge in [0, 0.05) is 45.2 Å². The molecule has 0 aromatic heterocycles. The Labute approximate surface area is 856 Å². The Balaban J connectivity index is 1.51. The summed E-state index contributed by atoms with van der Waals surface area (Å²) in [6.07, 6.45) is 3.47. The van der Waals surface area contributed by atoms with Gasteiger partial charge in [-0.05, 0) is 220 Å². The van der Waals surface area contributed by atoms with Gasteiger partial charge >= 0.3 is 0 Å². The number of guanidine groups is 2. The average Bonchev–Trinajstić information content (AvgIpc) is 0.762. The summed E-state index contributed by atoms with van der Waals surface area (Å²) in [5.41, 5.74) is 61.9. The van der Waals surface area contributed by atoms with E-state index in [1.165, 1.54) is 0 Å². The fourth-order valence-electron chi connectivity index (χ4n) is 16.1. The van der Waals surface area contributed by atoms with Gasteiger partial charge in [0.2, 0.25) is 88.6 Å². The minimum atomic E-state index is -1.55. The summed E-state index contributed by atoms with van der Waals surface area (Å²) in [4.78, 5) is 222. The van der Waals surface area contributed by atoms with Crippen LogP contribution >= 0.6 is 0 Å². The highest BCUT2D eigenvalue weighted by Crippen LogP contribution is 2.19. The number of unbranched alkanes of at least 4 members (excludes halogenated alkanes) is 6. The van der Waals surface area contributed by atoms with Crippen LogP contribution in [0.5, 0.6) is 0 Å². The summed E-state index contributed by atoms with van der Waals surface area (Å²) in [5.74, 6) is -13.7. The quantitative estimate of drug-likeness (QED) is 0.0119. The van der Waals surface area contributed by atoms with Gasteiger partial charge < -0.3 is 142 Å². The number of amides is 15. The van der Waals surface area contributed by atoms with E-state index in [0.29, 0.717) is 92.1 Å².